The monoisotopic (exact) mass is 189 g/mol. The Morgan fingerprint density at radius 1 is 1.21 bits per heavy atom. The maximum Gasteiger partial charge on any atom is 0.0440 e. The van der Waals surface area contributed by atoms with Gasteiger partial charge in [0.25, 0.3) is 0 Å². The van der Waals surface area contributed by atoms with Crippen LogP contribution in [0.1, 0.15) is 34.1 Å². The van der Waals surface area contributed by atoms with Crippen molar-refractivity contribution in [2.24, 2.45) is 0 Å². The smallest absolute Gasteiger partial charge is 0.0440 e. The minimum Gasteiger partial charge on any atom is -0.359 e. The number of rotatable bonds is 0. The summed E-state index contributed by atoms with van der Waals surface area (Å²) < 4.78 is 0. The predicted molar refractivity (Wildman–Crippen MR) is 62.8 cm³/mol. The number of hydrogen-bond acceptors (Lipinski definition) is 1. The third-order valence-corrected chi connectivity index (χ3v) is 2.26. The normalized spacial score (nSPS) is 16.4. The summed E-state index contributed by atoms with van der Waals surface area (Å²) in [5.74, 6) is 0. The van der Waals surface area contributed by atoms with E-state index in [9.17, 15) is 0 Å². The average molecular weight is 189 g/mol. The van der Waals surface area contributed by atoms with Gasteiger partial charge in [-0.25, -0.2) is 0 Å². The molecule has 0 aromatic rings. The zero-order valence-electron chi connectivity index (χ0n) is 9.57. The molecule has 0 saturated heterocycles. The lowest BCUT2D eigenvalue weighted by atomic mass is 10.0. The van der Waals surface area contributed by atoms with E-state index >= 15 is 0 Å². The number of nitrogens with one attached hydrogen (secondary N) is 1. The van der Waals surface area contributed by atoms with Crippen LogP contribution in [-0.2, 0) is 0 Å². The van der Waals surface area contributed by atoms with Gasteiger partial charge in [-0.3, -0.25) is 0 Å². The van der Waals surface area contributed by atoms with Crippen molar-refractivity contribution in [3.05, 3.63) is 46.8 Å². The van der Waals surface area contributed by atoms with Gasteiger partial charge in [0.05, 0.1) is 0 Å². The fourth-order valence-corrected chi connectivity index (χ4v) is 1.51. The minimum absolute atomic E-state index is 0.910. The highest BCUT2D eigenvalue weighted by molar-refractivity contribution is 5.46. The summed E-state index contributed by atoms with van der Waals surface area (Å²) in [6.07, 6.45) is 5.25. The second-order valence-electron chi connectivity index (χ2n) is 4.12. The Morgan fingerprint density at radius 2 is 1.86 bits per heavy atom. The molecule has 1 aliphatic rings. The van der Waals surface area contributed by atoms with Gasteiger partial charge in [0.1, 0.15) is 0 Å². The third-order valence-electron chi connectivity index (χ3n) is 2.26. The molecule has 0 fully saturated rings. The summed E-state index contributed by atoms with van der Waals surface area (Å²) in [6.45, 7) is 12.5. The van der Waals surface area contributed by atoms with Gasteiger partial charge in [0, 0.05) is 17.8 Å². The zero-order valence-corrected chi connectivity index (χ0v) is 9.57. The van der Waals surface area contributed by atoms with Gasteiger partial charge in [-0.1, -0.05) is 29.9 Å². The Morgan fingerprint density at radius 3 is 2.36 bits per heavy atom. The molecule has 0 saturated carbocycles. The molecule has 0 radical (unpaired) electrons. The number of allylic oxidation sites excluding steroid dienone is 4. The van der Waals surface area contributed by atoms with Crippen LogP contribution in [0.5, 0.6) is 0 Å². The van der Waals surface area contributed by atoms with Crippen molar-refractivity contribution in [2.75, 3.05) is 0 Å². The van der Waals surface area contributed by atoms with Crippen LogP contribution in [0.15, 0.2) is 46.8 Å². The lowest BCUT2D eigenvalue weighted by Crippen LogP contribution is -2.13. The molecule has 0 atom stereocenters. The van der Waals surface area contributed by atoms with E-state index in [0.717, 1.165) is 12.1 Å². The molecule has 0 amide bonds. The molecule has 1 rings (SSSR count). The zero-order chi connectivity index (χ0) is 10.7. The van der Waals surface area contributed by atoms with Gasteiger partial charge in [-0.15, -0.1) is 0 Å². The first-order valence-corrected chi connectivity index (χ1v) is 4.99. The fourth-order valence-electron chi connectivity index (χ4n) is 1.51. The first kappa shape index (κ1) is 10.8. The van der Waals surface area contributed by atoms with E-state index in [-0.39, 0.29) is 0 Å². The Balaban J connectivity index is 3.22. The molecule has 0 bridgehead atoms. The lowest BCUT2D eigenvalue weighted by molar-refractivity contribution is 0.938. The second kappa shape index (κ2) is 4.32. The highest BCUT2D eigenvalue weighted by Gasteiger charge is 2.09. The van der Waals surface area contributed by atoms with Crippen molar-refractivity contribution in [2.45, 2.75) is 34.1 Å². The summed E-state index contributed by atoms with van der Waals surface area (Å²) >= 11 is 0. The summed E-state index contributed by atoms with van der Waals surface area (Å²) in [7, 11) is 0. The Bertz CT molecular complexity index is 332. The van der Waals surface area contributed by atoms with Gasteiger partial charge in [-0.2, -0.15) is 0 Å². The summed E-state index contributed by atoms with van der Waals surface area (Å²) in [4.78, 5) is 0. The van der Waals surface area contributed by atoms with Crippen molar-refractivity contribution in [3.63, 3.8) is 0 Å². The topological polar surface area (TPSA) is 12.0 Å². The molecule has 1 N–H and O–H groups in total. The van der Waals surface area contributed by atoms with Gasteiger partial charge < -0.3 is 5.32 Å². The molecule has 1 aliphatic heterocycles. The van der Waals surface area contributed by atoms with Crippen LogP contribution >= 0.6 is 0 Å². The van der Waals surface area contributed by atoms with Crippen molar-refractivity contribution >= 4 is 0 Å². The highest BCUT2D eigenvalue weighted by Crippen LogP contribution is 2.22. The van der Waals surface area contributed by atoms with Crippen LogP contribution in [0.3, 0.4) is 0 Å². The van der Waals surface area contributed by atoms with Crippen LogP contribution in [0.4, 0.5) is 0 Å². The first-order valence-electron chi connectivity index (χ1n) is 4.99. The van der Waals surface area contributed by atoms with Gasteiger partial charge in [0.2, 0.25) is 0 Å². The van der Waals surface area contributed by atoms with Crippen LogP contribution < -0.4 is 5.32 Å². The quantitative estimate of drug-likeness (QED) is 0.613. The molecule has 14 heavy (non-hydrogen) atoms. The third kappa shape index (κ3) is 2.38. The molecular weight excluding hydrogens is 170 g/mol. The van der Waals surface area contributed by atoms with Crippen molar-refractivity contribution < 1.29 is 0 Å². The molecule has 0 aliphatic carbocycles. The number of hydrogen-bond donors (Lipinski definition) is 1. The molecule has 0 unspecified atom stereocenters. The van der Waals surface area contributed by atoms with E-state index in [1.54, 1.807) is 0 Å². The van der Waals surface area contributed by atoms with Crippen molar-refractivity contribution in [3.8, 4) is 0 Å². The molecule has 0 spiro atoms. The highest BCUT2D eigenvalue weighted by atomic mass is 14.9. The summed E-state index contributed by atoms with van der Waals surface area (Å²) in [5.41, 5.74) is 6.20. The van der Waals surface area contributed by atoms with Crippen LogP contribution in [0, 0.1) is 0 Å². The van der Waals surface area contributed by atoms with E-state index in [1.807, 2.05) is 0 Å². The SMILES string of the molecule is C=C1CC=CC(=C(C)C)C(=C(C)C)N1. The van der Waals surface area contributed by atoms with E-state index in [2.05, 4.69) is 51.7 Å². The Labute approximate surface area is 86.9 Å². The fraction of sp³-hybridized carbons (Fsp3) is 0.385. The average Bonchev–Trinajstić information content (AvgIpc) is 2.26. The standard InChI is InChI=1S/C13H19N/c1-9(2)12-8-6-7-11(5)14-13(12)10(3)4/h6,8,14H,5,7H2,1-4H3. The van der Waals surface area contributed by atoms with Gasteiger partial charge in [0.15, 0.2) is 0 Å². The van der Waals surface area contributed by atoms with E-state index < -0.39 is 0 Å². The van der Waals surface area contributed by atoms with Crippen molar-refractivity contribution in [1.29, 1.82) is 0 Å². The van der Waals surface area contributed by atoms with Gasteiger partial charge >= 0.3 is 0 Å². The lowest BCUT2D eigenvalue weighted by Gasteiger charge is -2.14. The Hall–Kier alpha value is -1.24. The first-order chi connectivity index (χ1) is 6.52. The molecule has 0 aromatic heterocycles. The largest absolute Gasteiger partial charge is 0.359 e. The molecule has 0 aromatic carbocycles. The summed E-state index contributed by atoms with van der Waals surface area (Å²) in [6, 6.07) is 0. The maximum absolute atomic E-state index is 3.98. The predicted octanol–water partition coefficient (Wildman–Crippen LogP) is 3.68. The van der Waals surface area contributed by atoms with Crippen LogP contribution in [0.25, 0.3) is 0 Å². The maximum atomic E-state index is 3.98. The molecule has 76 valence electrons. The van der Waals surface area contributed by atoms with Gasteiger partial charge in [-0.05, 0) is 33.3 Å². The molecule has 1 nitrogen and oxygen atoms in total. The summed E-state index contributed by atoms with van der Waals surface area (Å²) in [5, 5.41) is 3.37. The van der Waals surface area contributed by atoms with E-state index in [1.165, 1.54) is 22.4 Å². The van der Waals surface area contributed by atoms with E-state index in [4.69, 9.17) is 0 Å². The second-order valence-corrected chi connectivity index (χ2v) is 4.12. The molecule has 1 heteroatoms. The Kier molecular flexibility index (Phi) is 3.34. The molecular formula is C13H19N. The van der Waals surface area contributed by atoms with Crippen molar-refractivity contribution in [1.82, 2.24) is 5.32 Å². The minimum atomic E-state index is 0.910. The van der Waals surface area contributed by atoms with E-state index in [0.29, 0.717) is 0 Å². The molecule has 1 heterocycles. The van der Waals surface area contributed by atoms with Crippen LogP contribution in [-0.4, -0.2) is 0 Å². The van der Waals surface area contributed by atoms with Crippen LogP contribution in [0.2, 0.25) is 0 Å².